The molecule has 6 heteroatoms. The Morgan fingerprint density at radius 1 is 1.61 bits per heavy atom. The van der Waals surface area contributed by atoms with Gasteiger partial charge in [-0.25, -0.2) is 0 Å². The van der Waals surface area contributed by atoms with Gasteiger partial charge in [0.2, 0.25) is 0 Å². The highest BCUT2D eigenvalue weighted by Gasteiger charge is 2.37. The van der Waals surface area contributed by atoms with Gasteiger partial charge in [-0.3, -0.25) is 4.79 Å². The van der Waals surface area contributed by atoms with Crippen LogP contribution in [0.2, 0.25) is 0 Å². The molecule has 2 rings (SSSR count). The van der Waals surface area contributed by atoms with E-state index in [9.17, 15) is 4.79 Å². The van der Waals surface area contributed by atoms with Crippen LogP contribution in [-0.2, 0) is 0 Å². The Hall–Kier alpha value is -0.880. The number of anilines is 2. The first-order valence-corrected chi connectivity index (χ1v) is 8.15. The van der Waals surface area contributed by atoms with E-state index in [4.69, 9.17) is 11.5 Å². The molecule has 0 spiro atoms. The van der Waals surface area contributed by atoms with E-state index in [1.54, 1.807) is 11.8 Å². The van der Waals surface area contributed by atoms with Gasteiger partial charge in [0, 0.05) is 6.04 Å². The molecule has 1 aromatic heterocycles. The Morgan fingerprint density at radius 3 is 2.89 bits per heavy atom. The van der Waals surface area contributed by atoms with Crippen molar-refractivity contribution in [1.29, 1.82) is 0 Å². The number of rotatable bonds is 6. The largest absolute Gasteiger partial charge is 0.396 e. The number of hydrogen-bond acceptors (Lipinski definition) is 5. The molecular weight excluding hydrogens is 266 g/mol. The van der Waals surface area contributed by atoms with Crippen molar-refractivity contribution in [3.05, 3.63) is 4.88 Å². The number of thiophene rings is 1. The standard InChI is InChI=1S/C12H19N3OS2/c1-3-4-6-5-7(6)15-12-10(17-2)8(13)9(18-12)11(14)16/h6-7,15H,3-5,13H2,1-2H3,(H2,14,16). The summed E-state index contributed by atoms with van der Waals surface area (Å²) in [5, 5.41) is 4.49. The van der Waals surface area contributed by atoms with E-state index < -0.39 is 5.91 Å². The number of thioether (sulfide) groups is 1. The van der Waals surface area contributed by atoms with Gasteiger partial charge in [0.15, 0.2) is 0 Å². The van der Waals surface area contributed by atoms with Crippen LogP contribution in [0.5, 0.6) is 0 Å². The Labute approximate surface area is 115 Å². The molecule has 0 aliphatic heterocycles. The third-order valence-electron chi connectivity index (χ3n) is 3.23. The summed E-state index contributed by atoms with van der Waals surface area (Å²) in [5.41, 5.74) is 11.8. The molecule has 0 saturated heterocycles. The number of carbonyl (C=O) groups excluding carboxylic acids is 1. The first kappa shape index (κ1) is 13.5. The second kappa shape index (κ2) is 5.40. The number of amides is 1. The van der Waals surface area contributed by atoms with Crippen molar-refractivity contribution >= 4 is 39.7 Å². The van der Waals surface area contributed by atoms with Gasteiger partial charge in [-0.05, 0) is 25.0 Å². The molecule has 0 bridgehead atoms. The van der Waals surface area contributed by atoms with Crippen LogP contribution < -0.4 is 16.8 Å². The molecule has 0 radical (unpaired) electrons. The summed E-state index contributed by atoms with van der Waals surface area (Å²) in [7, 11) is 0. The lowest BCUT2D eigenvalue weighted by atomic mass is 10.2. The minimum absolute atomic E-state index is 0.443. The highest BCUT2D eigenvalue weighted by molar-refractivity contribution is 7.99. The average Bonchev–Trinajstić information content (AvgIpc) is 2.95. The third-order valence-corrected chi connectivity index (χ3v) is 5.34. The van der Waals surface area contributed by atoms with Crippen molar-refractivity contribution in [1.82, 2.24) is 0 Å². The van der Waals surface area contributed by atoms with Crippen molar-refractivity contribution < 1.29 is 4.79 Å². The highest BCUT2D eigenvalue weighted by atomic mass is 32.2. The van der Waals surface area contributed by atoms with Crippen LogP contribution in [0.1, 0.15) is 35.9 Å². The van der Waals surface area contributed by atoms with Crippen molar-refractivity contribution in [2.75, 3.05) is 17.3 Å². The molecule has 1 amide bonds. The number of nitrogens with one attached hydrogen (secondary N) is 1. The maximum atomic E-state index is 11.3. The molecule has 4 nitrogen and oxygen atoms in total. The normalized spacial score (nSPS) is 21.9. The number of primary amides is 1. The molecule has 1 fully saturated rings. The molecule has 2 unspecified atom stereocenters. The summed E-state index contributed by atoms with van der Waals surface area (Å²) in [6, 6.07) is 0.537. The van der Waals surface area contributed by atoms with Crippen LogP contribution in [0.3, 0.4) is 0 Å². The summed E-state index contributed by atoms with van der Waals surface area (Å²) in [6.07, 6.45) is 5.66. The predicted molar refractivity (Wildman–Crippen MR) is 79.5 cm³/mol. The molecule has 5 N–H and O–H groups in total. The third kappa shape index (κ3) is 2.59. The summed E-state index contributed by atoms with van der Waals surface area (Å²) in [5.74, 6) is 0.326. The summed E-state index contributed by atoms with van der Waals surface area (Å²) >= 11 is 2.94. The quantitative estimate of drug-likeness (QED) is 0.702. The minimum atomic E-state index is -0.443. The van der Waals surface area contributed by atoms with Crippen LogP contribution >= 0.6 is 23.1 Å². The van der Waals surface area contributed by atoms with E-state index in [1.165, 1.54) is 30.6 Å². The maximum Gasteiger partial charge on any atom is 0.261 e. The van der Waals surface area contributed by atoms with E-state index in [0.29, 0.717) is 16.6 Å². The molecule has 1 saturated carbocycles. The predicted octanol–water partition coefficient (Wildman–Crippen LogP) is 2.75. The molecule has 0 aromatic carbocycles. The van der Waals surface area contributed by atoms with Gasteiger partial charge in [0.25, 0.3) is 5.91 Å². The molecule has 100 valence electrons. The fourth-order valence-corrected chi connectivity index (χ4v) is 4.13. The van der Waals surface area contributed by atoms with Crippen LogP contribution in [0.25, 0.3) is 0 Å². The zero-order valence-electron chi connectivity index (χ0n) is 10.7. The minimum Gasteiger partial charge on any atom is -0.396 e. The van der Waals surface area contributed by atoms with Gasteiger partial charge >= 0.3 is 0 Å². The first-order valence-electron chi connectivity index (χ1n) is 6.11. The number of hydrogen-bond donors (Lipinski definition) is 3. The lowest BCUT2D eigenvalue weighted by Gasteiger charge is -2.05. The van der Waals surface area contributed by atoms with E-state index >= 15 is 0 Å². The maximum absolute atomic E-state index is 11.3. The van der Waals surface area contributed by atoms with Crippen LogP contribution in [0.15, 0.2) is 4.90 Å². The van der Waals surface area contributed by atoms with Crippen LogP contribution in [-0.4, -0.2) is 18.2 Å². The van der Waals surface area contributed by atoms with Crippen LogP contribution in [0.4, 0.5) is 10.7 Å². The van der Waals surface area contributed by atoms with Crippen molar-refractivity contribution in [2.24, 2.45) is 11.7 Å². The van der Waals surface area contributed by atoms with Crippen molar-refractivity contribution in [3.8, 4) is 0 Å². The molecule has 1 aliphatic carbocycles. The zero-order chi connectivity index (χ0) is 13.3. The number of carbonyl (C=O) groups is 1. The monoisotopic (exact) mass is 285 g/mol. The summed E-state index contributed by atoms with van der Waals surface area (Å²) in [6.45, 7) is 2.21. The van der Waals surface area contributed by atoms with Gasteiger partial charge in [0.1, 0.15) is 9.88 Å². The Kier molecular flexibility index (Phi) is 4.07. The van der Waals surface area contributed by atoms with E-state index in [0.717, 1.165) is 15.8 Å². The summed E-state index contributed by atoms with van der Waals surface area (Å²) in [4.78, 5) is 12.7. The van der Waals surface area contributed by atoms with E-state index in [2.05, 4.69) is 12.2 Å². The molecule has 2 atom stereocenters. The summed E-state index contributed by atoms with van der Waals surface area (Å²) < 4.78 is 0. The fourth-order valence-electron chi connectivity index (χ4n) is 2.19. The average molecular weight is 285 g/mol. The van der Waals surface area contributed by atoms with Gasteiger partial charge in [-0.15, -0.1) is 23.1 Å². The number of nitrogens with two attached hydrogens (primary N) is 2. The Bertz CT molecular complexity index is 458. The fraction of sp³-hybridized carbons (Fsp3) is 0.583. The smallest absolute Gasteiger partial charge is 0.261 e. The van der Waals surface area contributed by atoms with Crippen molar-refractivity contribution in [2.45, 2.75) is 37.1 Å². The Morgan fingerprint density at radius 2 is 2.33 bits per heavy atom. The SMILES string of the molecule is CCCC1CC1Nc1sc(C(N)=O)c(N)c1SC. The highest BCUT2D eigenvalue weighted by Crippen LogP contribution is 2.45. The molecular formula is C12H19N3OS2. The molecule has 1 heterocycles. The lowest BCUT2D eigenvalue weighted by Crippen LogP contribution is -2.10. The Balaban J connectivity index is 2.13. The van der Waals surface area contributed by atoms with E-state index in [1.807, 2.05) is 6.26 Å². The van der Waals surface area contributed by atoms with Gasteiger partial charge < -0.3 is 16.8 Å². The molecule has 1 aromatic rings. The van der Waals surface area contributed by atoms with Crippen LogP contribution in [0, 0.1) is 5.92 Å². The molecule has 1 aliphatic rings. The zero-order valence-corrected chi connectivity index (χ0v) is 12.3. The van der Waals surface area contributed by atoms with Gasteiger partial charge in [0.05, 0.1) is 10.6 Å². The van der Waals surface area contributed by atoms with Gasteiger partial charge in [-0.2, -0.15) is 0 Å². The van der Waals surface area contributed by atoms with Crippen molar-refractivity contribution in [3.63, 3.8) is 0 Å². The molecule has 18 heavy (non-hydrogen) atoms. The second-order valence-corrected chi connectivity index (χ2v) is 6.44. The lowest BCUT2D eigenvalue weighted by molar-refractivity contribution is 0.100. The van der Waals surface area contributed by atoms with Gasteiger partial charge in [-0.1, -0.05) is 13.3 Å². The first-order chi connectivity index (χ1) is 8.58. The van der Waals surface area contributed by atoms with E-state index in [-0.39, 0.29) is 0 Å². The topological polar surface area (TPSA) is 81.1 Å². The number of nitrogen functional groups attached to an aromatic ring is 1. The second-order valence-electron chi connectivity index (χ2n) is 4.61.